The summed E-state index contributed by atoms with van der Waals surface area (Å²) < 4.78 is 5.58. The molecule has 15 heteroatoms. The fraction of sp³-hybridized carbons (Fsp3) is 0.500. The van der Waals surface area contributed by atoms with E-state index in [9.17, 15) is 38.7 Å². The summed E-state index contributed by atoms with van der Waals surface area (Å²) in [5.74, 6) is -5.12. The average Bonchev–Trinajstić information content (AvgIpc) is 3.61. The number of benzene rings is 2. The molecule has 2 aromatic carbocycles. The number of amides is 6. The standard InChI is InChI=1S/C38H50N6O9/c1-21(2)31-37(51)44-18-10-13-29(44)33(47)41-28(19-26-14-16-27(46)17-15-26)36(50)43(6)30(20-25-11-8-7-9-12-25)34(48)39-22(3)38(52)53-23(4)32(35(49)42-31)40-24(5)45/h7-9,11-12,14-17,21-23,28-32,46H,10,13,18-20H2,1-6H3,(H,39,48)(H,40,45)(H,41,47)(H,42,49)/t22-,23+,28-,29-,30-,31+,32-/m0/s1. The average molecular weight is 735 g/mol. The van der Waals surface area contributed by atoms with Crippen molar-refractivity contribution in [2.75, 3.05) is 13.6 Å². The lowest BCUT2D eigenvalue weighted by atomic mass is 9.99. The Labute approximate surface area is 309 Å². The molecule has 7 atom stereocenters. The maximum atomic E-state index is 14.4. The number of hydrogen-bond acceptors (Lipinski definition) is 9. The van der Waals surface area contributed by atoms with E-state index < -0.39 is 89.7 Å². The van der Waals surface area contributed by atoms with Gasteiger partial charge < -0.3 is 40.9 Å². The third kappa shape index (κ3) is 10.3. The van der Waals surface area contributed by atoms with Gasteiger partial charge in [-0.05, 0) is 55.9 Å². The van der Waals surface area contributed by atoms with Crippen LogP contribution in [-0.4, -0.2) is 112 Å². The molecule has 15 nitrogen and oxygen atoms in total. The van der Waals surface area contributed by atoms with Crippen molar-refractivity contribution in [3.8, 4) is 5.75 Å². The summed E-state index contributed by atoms with van der Waals surface area (Å²) in [6.07, 6.45) is -0.404. The number of hydrogen-bond donors (Lipinski definition) is 5. The Morgan fingerprint density at radius 2 is 1.51 bits per heavy atom. The summed E-state index contributed by atoms with van der Waals surface area (Å²) in [7, 11) is 1.44. The van der Waals surface area contributed by atoms with Gasteiger partial charge in [0.05, 0.1) is 0 Å². The first-order valence-corrected chi connectivity index (χ1v) is 17.8. The van der Waals surface area contributed by atoms with Gasteiger partial charge in [-0.3, -0.25) is 28.8 Å². The van der Waals surface area contributed by atoms with E-state index >= 15 is 0 Å². The van der Waals surface area contributed by atoms with E-state index in [2.05, 4.69) is 21.3 Å². The van der Waals surface area contributed by atoms with Crippen molar-refractivity contribution in [2.24, 2.45) is 5.92 Å². The van der Waals surface area contributed by atoms with Crippen LogP contribution >= 0.6 is 0 Å². The molecule has 5 N–H and O–H groups in total. The number of rotatable bonds is 6. The SMILES string of the molecule is CC(=O)N[C@@H]1C(=O)N[C@H](C(C)C)C(=O)N2CCC[C@H]2C(=O)N[C@@H](Cc2ccc(O)cc2)C(=O)N(C)[C@@H](Cc2ccccc2)C(=O)N[C@@H](C)C(=O)O[C@@H]1C. The van der Waals surface area contributed by atoms with Crippen molar-refractivity contribution >= 4 is 41.4 Å². The van der Waals surface area contributed by atoms with Crippen molar-refractivity contribution in [2.45, 2.75) is 103 Å². The van der Waals surface area contributed by atoms with E-state index in [1.165, 1.54) is 49.8 Å². The number of fused-ring (bicyclic) bond motifs is 1. The van der Waals surface area contributed by atoms with Crippen LogP contribution in [-0.2, 0) is 51.1 Å². The van der Waals surface area contributed by atoms with Crippen LogP contribution < -0.4 is 21.3 Å². The van der Waals surface area contributed by atoms with Crippen LogP contribution in [0.3, 0.4) is 0 Å². The molecular weight excluding hydrogens is 684 g/mol. The molecule has 0 bridgehead atoms. The Bertz CT molecular complexity index is 1670. The number of aromatic hydroxyl groups is 1. The molecule has 6 amide bonds. The normalized spacial score (nSPS) is 26.7. The lowest BCUT2D eigenvalue weighted by Crippen LogP contribution is -2.61. The molecule has 2 heterocycles. The summed E-state index contributed by atoms with van der Waals surface area (Å²) >= 11 is 0. The van der Waals surface area contributed by atoms with Crippen LogP contribution in [0.1, 0.15) is 58.6 Å². The van der Waals surface area contributed by atoms with E-state index in [-0.39, 0.29) is 25.1 Å². The van der Waals surface area contributed by atoms with Crippen molar-refractivity contribution in [3.63, 3.8) is 0 Å². The first-order chi connectivity index (χ1) is 25.1. The number of carbonyl (C=O) groups excluding carboxylic acids is 7. The topological polar surface area (TPSA) is 204 Å². The Morgan fingerprint density at radius 3 is 2.13 bits per heavy atom. The highest BCUT2D eigenvalue weighted by Gasteiger charge is 2.42. The summed E-state index contributed by atoms with van der Waals surface area (Å²) in [6.45, 7) is 7.64. The first kappa shape index (κ1) is 40.3. The van der Waals surface area contributed by atoms with E-state index in [0.717, 1.165) is 5.56 Å². The summed E-state index contributed by atoms with van der Waals surface area (Å²) in [6, 6.07) is 7.99. The monoisotopic (exact) mass is 734 g/mol. The molecular formula is C38H50N6O9. The number of phenolic OH excluding ortho intramolecular Hbond substituents is 1. The number of likely N-dealkylation sites (N-methyl/N-ethyl adjacent to an activating group) is 1. The maximum absolute atomic E-state index is 14.4. The number of esters is 1. The van der Waals surface area contributed by atoms with Gasteiger partial charge in [0.25, 0.3) is 0 Å². The van der Waals surface area contributed by atoms with Crippen LogP contribution in [0.15, 0.2) is 54.6 Å². The van der Waals surface area contributed by atoms with Gasteiger partial charge >= 0.3 is 5.97 Å². The van der Waals surface area contributed by atoms with Gasteiger partial charge in [-0.25, -0.2) is 4.79 Å². The van der Waals surface area contributed by atoms with Gasteiger partial charge in [0, 0.05) is 33.4 Å². The molecule has 0 aromatic heterocycles. The van der Waals surface area contributed by atoms with E-state index in [0.29, 0.717) is 18.4 Å². The van der Waals surface area contributed by atoms with Crippen molar-refractivity contribution in [1.82, 2.24) is 31.1 Å². The number of carbonyl (C=O) groups is 7. The quantitative estimate of drug-likeness (QED) is 0.263. The second-order valence-electron chi connectivity index (χ2n) is 14.1. The summed E-state index contributed by atoms with van der Waals surface area (Å²) in [5, 5.41) is 20.5. The van der Waals surface area contributed by atoms with E-state index in [1.54, 1.807) is 50.2 Å². The Kier molecular flexibility index (Phi) is 13.6. The minimum Gasteiger partial charge on any atom is -0.508 e. The molecule has 2 aliphatic rings. The Morgan fingerprint density at radius 1 is 0.868 bits per heavy atom. The van der Waals surface area contributed by atoms with Crippen LogP contribution in [0.5, 0.6) is 5.75 Å². The second kappa shape index (κ2) is 17.8. The van der Waals surface area contributed by atoms with Crippen LogP contribution in [0.2, 0.25) is 0 Å². The smallest absolute Gasteiger partial charge is 0.328 e. The number of ether oxygens (including phenoxy) is 1. The summed E-state index contributed by atoms with van der Waals surface area (Å²) in [4.78, 5) is 98.4. The maximum Gasteiger partial charge on any atom is 0.328 e. The largest absolute Gasteiger partial charge is 0.508 e. The fourth-order valence-electron chi connectivity index (χ4n) is 6.55. The molecule has 286 valence electrons. The molecule has 0 radical (unpaired) electrons. The highest BCUT2D eigenvalue weighted by Crippen LogP contribution is 2.22. The third-order valence-electron chi connectivity index (χ3n) is 9.57. The van der Waals surface area contributed by atoms with Crippen LogP contribution in [0.4, 0.5) is 0 Å². The fourth-order valence-corrected chi connectivity index (χ4v) is 6.55. The number of cyclic esters (lactones) is 1. The van der Waals surface area contributed by atoms with Crippen molar-refractivity contribution < 1.29 is 43.4 Å². The molecule has 2 fully saturated rings. The predicted molar refractivity (Wildman–Crippen MR) is 193 cm³/mol. The summed E-state index contributed by atoms with van der Waals surface area (Å²) in [5.41, 5.74) is 1.33. The van der Waals surface area contributed by atoms with Crippen LogP contribution in [0.25, 0.3) is 0 Å². The highest BCUT2D eigenvalue weighted by atomic mass is 16.5. The van der Waals surface area contributed by atoms with Gasteiger partial charge in [-0.2, -0.15) is 0 Å². The third-order valence-corrected chi connectivity index (χ3v) is 9.57. The number of nitrogens with zero attached hydrogens (tertiary/aromatic N) is 2. The zero-order valence-electron chi connectivity index (χ0n) is 31.0. The number of nitrogens with one attached hydrogen (secondary N) is 4. The highest BCUT2D eigenvalue weighted by molar-refractivity contribution is 5.97. The molecule has 53 heavy (non-hydrogen) atoms. The first-order valence-electron chi connectivity index (χ1n) is 17.8. The van der Waals surface area contributed by atoms with E-state index in [1.807, 2.05) is 6.07 Å². The van der Waals surface area contributed by atoms with Gasteiger partial charge in [0.15, 0.2) is 0 Å². The Balaban J connectivity index is 1.79. The van der Waals surface area contributed by atoms with Gasteiger partial charge in [-0.1, -0.05) is 56.3 Å². The molecule has 0 unspecified atom stereocenters. The van der Waals surface area contributed by atoms with Crippen LogP contribution in [0, 0.1) is 5.92 Å². The number of phenols is 1. The van der Waals surface area contributed by atoms with Crippen molar-refractivity contribution in [1.29, 1.82) is 0 Å². The zero-order valence-corrected chi connectivity index (χ0v) is 31.0. The lowest BCUT2D eigenvalue weighted by Gasteiger charge is -2.33. The van der Waals surface area contributed by atoms with E-state index in [4.69, 9.17) is 4.74 Å². The molecule has 4 rings (SSSR count). The zero-order chi connectivity index (χ0) is 39.0. The predicted octanol–water partition coefficient (Wildman–Crippen LogP) is 0.576. The van der Waals surface area contributed by atoms with Gasteiger partial charge in [0.2, 0.25) is 35.4 Å². The minimum absolute atomic E-state index is 0.00856. The minimum atomic E-state index is -1.40. The molecule has 0 saturated carbocycles. The lowest BCUT2D eigenvalue weighted by molar-refractivity contribution is -0.156. The Hall–Kier alpha value is -5.47. The molecule has 0 aliphatic carbocycles. The van der Waals surface area contributed by atoms with Gasteiger partial charge in [0.1, 0.15) is 48.1 Å². The van der Waals surface area contributed by atoms with Gasteiger partial charge in [-0.15, -0.1) is 0 Å². The molecule has 0 spiro atoms. The molecule has 2 aromatic rings. The van der Waals surface area contributed by atoms with Crippen molar-refractivity contribution in [3.05, 3.63) is 65.7 Å². The molecule has 2 saturated heterocycles. The second-order valence-corrected chi connectivity index (χ2v) is 14.1. The molecule has 2 aliphatic heterocycles.